The van der Waals surface area contributed by atoms with E-state index in [9.17, 15) is 9.90 Å². The second kappa shape index (κ2) is 7.37. The van der Waals surface area contributed by atoms with Crippen molar-refractivity contribution in [2.75, 3.05) is 0 Å². The number of hydrogen-bond acceptors (Lipinski definition) is 2. The van der Waals surface area contributed by atoms with Crippen LogP contribution in [0.3, 0.4) is 0 Å². The van der Waals surface area contributed by atoms with E-state index < -0.39 is 0 Å². The minimum Gasteiger partial charge on any atom is -0.507 e. The van der Waals surface area contributed by atoms with E-state index in [1.807, 2.05) is 25.1 Å². The molecule has 0 aromatic heterocycles. The Bertz CT molecular complexity index is 497. The SMILES string of the molecule is CCC.Cc1ccccc1C(=O)c1ccccc1O. The topological polar surface area (TPSA) is 37.3 Å². The van der Waals surface area contributed by atoms with E-state index in [4.69, 9.17) is 0 Å². The Balaban J connectivity index is 0.000000550. The first-order valence-electron chi connectivity index (χ1n) is 6.50. The van der Waals surface area contributed by atoms with Crippen LogP contribution in [-0.4, -0.2) is 10.9 Å². The van der Waals surface area contributed by atoms with Gasteiger partial charge in [0.1, 0.15) is 5.75 Å². The highest BCUT2D eigenvalue weighted by atomic mass is 16.3. The second-order valence-corrected chi connectivity index (χ2v) is 4.37. The van der Waals surface area contributed by atoms with Crippen LogP contribution in [-0.2, 0) is 0 Å². The normalized spacial score (nSPS) is 9.42. The maximum absolute atomic E-state index is 12.1. The zero-order valence-electron chi connectivity index (χ0n) is 11.7. The fourth-order valence-corrected chi connectivity index (χ4v) is 1.64. The average Bonchev–Trinajstić information content (AvgIpc) is 2.40. The molecule has 0 fully saturated rings. The smallest absolute Gasteiger partial charge is 0.197 e. The van der Waals surface area contributed by atoms with Crippen molar-refractivity contribution >= 4 is 5.78 Å². The number of aryl methyl sites for hydroxylation is 1. The van der Waals surface area contributed by atoms with Gasteiger partial charge >= 0.3 is 0 Å². The third kappa shape index (κ3) is 3.95. The summed E-state index contributed by atoms with van der Waals surface area (Å²) in [6.45, 7) is 6.13. The summed E-state index contributed by atoms with van der Waals surface area (Å²) < 4.78 is 0. The Hall–Kier alpha value is -2.09. The number of phenols is 1. The summed E-state index contributed by atoms with van der Waals surface area (Å²) in [6.07, 6.45) is 1.25. The summed E-state index contributed by atoms with van der Waals surface area (Å²) in [5.74, 6) is -0.119. The molecule has 0 heterocycles. The minimum atomic E-state index is -0.142. The summed E-state index contributed by atoms with van der Waals surface area (Å²) >= 11 is 0. The molecule has 0 aliphatic heterocycles. The number of carbonyl (C=O) groups is 1. The van der Waals surface area contributed by atoms with E-state index in [1.54, 1.807) is 24.3 Å². The molecule has 100 valence electrons. The molecular weight excluding hydrogens is 236 g/mol. The molecule has 2 heteroatoms. The lowest BCUT2D eigenvalue weighted by molar-refractivity contribution is 0.103. The predicted molar refractivity (Wildman–Crippen MR) is 78.7 cm³/mol. The van der Waals surface area contributed by atoms with Crippen LogP contribution in [0.2, 0.25) is 0 Å². The Kier molecular flexibility index (Phi) is 5.80. The molecule has 1 N–H and O–H groups in total. The van der Waals surface area contributed by atoms with Crippen LogP contribution in [0.25, 0.3) is 0 Å². The molecular formula is C17H20O2. The van der Waals surface area contributed by atoms with Crippen molar-refractivity contribution in [2.45, 2.75) is 27.2 Å². The minimum absolute atomic E-state index is 0.0238. The van der Waals surface area contributed by atoms with Crippen molar-refractivity contribution in [3.8, 4) is 5.75 Å². The molecule has 0 amide bonds. The lowest BCUT2D eigenvalue weighted by atomic mass is 9.99. The highest BCUT2D eigenvalue weighted by Crippen LogP contribution is 2.21. The van der Waals surface area contributed by atoms with E-state index in [0.29, 0.717) is 11.1 Å². The molecule has 2 aromatic carbocycles. The van der Waals surface area contributed by atoms with E-state index >= 15 is 0 Å². The number of carbonyl (C=O) groups excluding carboxylic acids is 1. The van der Waals surface area contributed by atoms with Crippen molar-refractivity contribution in [1.29, 1.82) is 0 Å². The molecule has 0 atom stereocenters. The zero-order chi connectivity index (χ0) is 14.3. The van der Waals surface area contributed by atoms with Crippen LogP contribution in [0, 0.1) is 6.92 Å². The van der Waals surface area contributed by atoms with Crippen molar-refractivity contribution in [2.24, 2.45) is 0 Å². The molecule has 2 aromatic rings. The molecule has 0 saturated carbocycles. The van der Waals surface area contributed by atoms with Gasteiger partial charge in [-0.2, -0.15) is 0 Å². The van der Waals surface area contributed by atoms with Gasteiger partial charge in [0.25, 0.3) is 0 Å². The molecule has 0 bridgehead atoms. The van der Waals surface area contributed by atoms with Gasteiger partial charge in [-0.15, -0.1) is 0 Å². The Morgan fingerprint density at radius 3 is 1.95 bits per heavy atom. The van der Waals surface area contributed by atoms with Crippen LogP contribution in [0.15, 0.2) is 48.5 Å². The van der Waals surface area contributed by atoms with E-state index in [0.717, 1.165) is 5.56 Å². The lowest BCUT2D eigenvalue weighted by Crippen LogP contribution is -2.03. The first kappa shape index (κ1) is 15.0. The molecule has 0 aliphatic carbocycles. The van der Waals surface area contributed by atoms with Gasteiger partial charge in [-0.25, -0.2) is 0 Å². The third-order valence-electron chi connectivity index (χ3n) is 2.54. The standard InChI is InChI=1S/C14H12O2.C3H8/c1-10-6-2-3-7-11(10)14(16)12-8-4-5-9-13(12)15;1-3-2/h2-9,15H,1H3;3H2,1-2H3. The molecule has 2 rings (SSSR count). The molecule has 0 spiro atoms. The Morgan fingerprint density at radius 1 is 0.947 bits per heavy atom. The van der Waals surface area contributed by atoms with E-state index in [1.165, 1.54) is 12.5 Å². The van der Waals surface area contributed by atoms with Crippen LogP contribution in [0.1, 0.15) is 41.8 Å². The van der Waals surface area contributed by atoms with Gasteiger partial charge in [-0.1, -0.05) is 56.7 Å². The highest BCUT2D eigenvalue weighted by Gasteiger charge is 2.13. The fraction of sp³-hybridized carbons (Fsp3) is 0.235. The van der Waals surface area contributed by atoms with Gasteiger partial charge in [0, 0.05) is 5.56 Å². The van der Waals surface area contributed by atoms with Crippen molar-refractivity contribution in [3.63, 3.8) is 0 Å². The molecule has 0 saturated heterocycles. The number of rotatable bonds is 2. The maximum Gasteiger partial charge on any atom is 0.197 e. The largest absolute Gasteiger partial charge is 0.507 e. The van der Waals surface area contributed by atoms with Crippen LogP contribution in [0.4, 0.5) is 0 Å². The molecule has 0 unspecified atom stereocenters. The summed E-state index contributed by atoms with van der Waals surface area (Å²) in [6, 6.07) is 13.9. The first-order valence-corrected chi connectivity index (χ1v) is 6.50. The molecule has 19 heavy (non-hydrogen) atoms. The van der Waals surface area contributed by atoms with Crippen LogP contribution >= 0.6 is 0 Å². The predicted octanol–water partition coefficient (Wildman–Crippen LogP) is 4.35. The Morgan fingerprint density at radius 2 is 1.42 bits per heavy atom. The summed E-state index contributed by atoms with van der Waals surface area (Å²) in [7, 11) is 0. The number of hydrogen-bond donors (Lipinski definition) is 1. The highest BCUT2D eigenvalue weighted by molar-refractivity contribution is 6.11. The number of ketones is 1. The monoisotopic (exact) mass is 256 g/mol. The van der Waals surface area contributed by atoms with Gasteiger partial charge in [0.05, 0.1) is 5.56 Å². The van der Waals surface area contributed by atoms with Crippen molar-refractivity contribution < 1.29 is 9.90 Å². The fourth-order valence-electron chi connectivity index (χ4n) is 1.64. The summed E-state index contributed by atoms with van der Waals surface area (Å²) in [4.78, 5) is 12.1. The lowest BCUT2D eigenvalue weighted by Gasteiger charge is -2.05. The second-order valence-electron chi connectivity index (χ2n) is 4.37. The average molecular weight is 256 g/mol. The van der Waals surface area contributed by atoms with E-state index in [-0.39, 0.29) is 11.5 Å². The molecule has 0 aliphatic rings. The number of aromatic hydroxyl groups is 1. The Labute approximate surface area is 114 Å². The molecule has 0 radical (unpaired) electrons. The maximum atomic E-state index is 12.1. The summed E-state index contributed by atoms with van der Waals surface area (Å²) in [5, 5.41) is 9.61. The first-order chi connectivity index (χ1) is 9.11. The number of para-hydroxylation sites is 1. The van der Waals surface area contributed by atoms with Crippen molar-refractivity contribution in [1.82, 2.24) is 0 Å². The van der Waals surface area contributed by atoms with Gasteiger partial charge < -0.3 is 5.11 Å². The number of phenolic OH excluding ortho intramolecular Hbond substituents is 1. The van der Waals surface area contributed by atoms with Gasteiger partial charge in [0.15, 0.2) is 5.78 Å². The van der Waals surface area contributed by atoms with E-state index in [2.05, 4.69) is 13.8 Å². The quantitative estimate of drug-likeness (QED) is 0.811. The number of benzene rings is 2. The van der Waals surface area contributed by atoms with Crippen molar-refractivity contribution in [3.05, 3.63) is 65.2 Å². The molecule has 2 nitrogen and oxygen atoms in total. The third-order valence-corrected chi connectivity index (χ3v) is 2.54. The van der Waals surface area contributed by atoms with Gasteiger partial charge in [-0.3, -0.25) is 4.79 Å². The zero-order valence-corrected chi connectivity index (χ0v) is 11.7. The van der Waals surface area contributed by atoms with Crippen LogP contribution in [0.5, 0.6) is 5.75 Å². The summed E-state index contributed by atoms with van der Waals surface area (Å²) in [5.41, 5.74) is 1.89. The van der Waals surface area contributed by atoms with Gasteiger partial charge in [-0.05, 0) is 24.6 Å². The van der Waals surface area contributed by atoms with Gasteiger partial charge in [0.2, 0.25) is 0 Å². The van der Waals surface area contributed by atoms with Crippen LogP contribution < -0.4 is 0 Å².